The number of aromatic amines is 1. The summed E-state index contributed by atoms with van der Waals surface area (Å²) in [5.41, 5.74) is 1.60. The minimum absolute atomic E-state index is 0.0350. The zero-order valence-corrected chi connectivity index (χ0v) is 11.6. The molecule has 2 N–H and O–H groups in total. The number of pyridine rings is 1. The Morgan fingerprint density at radius 3 is 2.89 bits per heavy atom. The molecule has 5 heteroatoms. The first-order chi connectivity index (χ1) is 9.13. The Morgan fingerprint density at radius 1 is 1.53 bits per heavy atom. The number of nitrogens with one attached hydrogen (secondary N) is 2. The molecule has 0 aliphatic carbocycles. The number of nitrogens with zero attached hydrogens (tertiary/aromatic N) is 2. The van der Waals surface area contributed by atoms with Gasteiger partial charge in [0.2, 0.25) is 0 Å². The van der Waals surface area contributed by atoms with E-state index in [4.69, 9.17) is 0 Å². The van der Waals surface area contributed by atoms with Crippen molar-refractivity contribution in [1.29, 1.82) is 0 Å². The van der Waals surface area contributed by atoms with Crippen molar-refractivity contribution in [3.8, 4) is 0 Å². The molecule has 0 spiro atoms. The lowest BCUT2D eigenvalue weighted by atomic mass is 10.1. The van der Waals surface area contributed by atoms with Crippen molar-refractivity contribution < 1.29 is 0 Å². The van der Waals surface area contributed by atoms with E-state index < -0.39 is 0 Å². The second-order valence-electron chi connectivity index (χ2n) is 4.72. The van der Waals surface area contributed by atoms with Gasteiger partial charge in [0, 0.05) is 43.0 Å². The van der Waals surface area contributed by atoms with Gasteiger partial charge < -0.3 is 14.9 Å². The molecule has 0 fully saturated rings. The van der Waals surface area contributed by atoms with Crippen molar-refractivity contribution in [3.05, 3.63) is 52.0 Å². The van der Waals surface area contributed by atoms with Crippen molar-refractivity contribution >= 4 is 0 Å². The van der Waals surface area contributed by atoms with E-state index in [0.29, 0.717) is 5.56 Å². The van der Waals surface area contributed by atoms with Crippen LogP contribution in [0.4, 0.5) is 0 Å². The van der Waals surface area contributed by atoms with Gasteiger partial charge in [0.15, 0.2) is 5.43 Å². The van der Waals surface area contributed by atoms with Gasteiger partial charge in [-0.3, -0.25) is 4.79 Å². The number of hydrogen-bond donors (Lipinski definition) is 2. The third-order valence-electron chi connectivity index (χ3n) is 3.11. The van der Waals surface area contributed by atoms with Gasteiger partial charge in [0.25, 0.3) is 0 Å². The monoisotopic (exact) mass is 260 g/mol. The molecule has 2 aromatic rings. The van der Waals surface area contributed by atoms with Crippen LogP contribution in [0, 0.1) is 6.92 Å². The quantitative estimate of drug-likeness (QED) is 0.856. The molecule has 19 heavy (non-hydrogen) atoms. The van der Waals surface area contributed by atoms with Crippen molar-refractivity contribution in [3.63, 3.8) is 0 Å². The molecule has 0 aliphatic heterocycles. The fourth-order valence-electron chi connectivity index (χ4n) is 2.09. The molecular weight excluding hydrogens is 240 g/mol. The molecule has 0 saturated carbocycles. The fraction of sp³-hybridized carbons (Fsp3) is 0.429. The normalized spacial score (nSPS) is 12.6. The smallest absolute Gasteiger partial charge is 0.187 e. The summed E-state index contributed by atoms with van der Waals surface area (Å²) >= 11 is 0. The van der Waals surface area contributed by atoms with E-state index in [9.17, 15) is 4.79 Å². The van der Waals surface area contributed by atoms with Crippen LogP contribution in [0.3, 0.4) is 0 Å². The SMILES string of the molecule is CCCNC(c1c[nH]c(C)cc1=O)c1nccn1C. The Labute approximate surface area is 112 Å². The van der Waals surface area contributed by atoms with E-state index in [0.717, 1.165) is 24.5 Å². The minimum Gasteiger partial charge on any atom is -0.365 e. The van der Waals surface area contributed by atoms with Gasteiger partial charge in [-0.15, -0.1) is 0 Å². The number of aromatic nitrogens is 3. The minimum atomic E-state index is -0.177. The van der Waals surface area contributed by atoms with E-state index in [1.54, 1.807) is 18.5 Å². The number of imidazole rings is 1. The molecule has 2 rings (SSSR count). The summed E-state index contributed by atoms with van der Waals surface area (Å²) in [6, 6.07) is 1.45. The van der Waals surface area contributed by atoms with Gasteiger partial charge >= 0.3 is 0 Å². The second kappa shape index (κ2) is 5.84. The molecule has 1 atom stereocenters. The van der Waals surface area contributed by atoms with Crippen LogP contribution in [-0.4, -0.2) is 21.1 Å². The van der Waals surface area contributed by atoms with Crippen LogP contribution in [0.5, 0.6) is 0 Å². The lowest BCUT2D eigenvalue weighted by molar-refractivity contribution is 0.551. The molecule has 2 aromatic heterocycles. The van der Waals surface area contributed by atoms with Gasteiger partial charge in [-0.1, -0.05) is 6.92 Å². The standard InChI is InChI=1S/C14H20N4O/c1-4-5-15-13(14-16-6-7-18(14)3)11-9-17-10(2)8-12(11)19/h6-9,13,15H,4-5H2,1-3H3,(H,17,19). The summed E-state index contributed by atoms with van der Waals surface area (Å²) in [4.78, 5) is 19.6. The molecule has 5 nitrogen and oxygen atoms in total. The van der Waals surface area contributed by atoms with E-state index in [-0.39, 0.29) is 11.5 Å². The summed E-state index contributed by atoms with van der Waals surface area (Å²) in [7, 11) is 1.94. The lowest BCUT2D eigenvalue weighted by Gasteiger charge is -2.18. The zero-order chi connectivity index (χ0) is 13.8. The Morgan fingerprint density at radius 2 is 2.32 bits per heavy atom. The van der Waals surface area contributed by atoms with Crippen molar-refractivity contribution in [1.82, 2.24) is 19.9 Å². The van der Waals surface area contributed by atoms with Crippen molar-refractivity contribution in [2.24, 2.45) is 7.05 Å². The molecule has 0 bridgehead atoms. The molecule has 0 aliphatic rings. The average Bonchev–Trinajstić information content (AvgIpc) is 2.78. The molecule has 2 heterocycles. The van der Waals surface area contributed by atoms with Crippen LogP contribution < -0.4 is 10.7 Å². The summed E-state index contributed by atoms with van der Waals surface area (Å²) in [5, 5.41) is 3.39. The zero-order valence-electron chi connectivity index (χ0n) is 11.6. The molecule has 102 valence electrons. The Kier molecular flexibility index (Phi) is 4.16. The average molecular weight is 260 g/mol. The molecule has 0 aromatic carbocycles. The predicted molar refractivity (Wildman–Crippen MR) is 75.1 cm³/mol. The highest BCUT2D eigenvalue weighted by Crippen LogP contribution is 2.16. The molecule has 1 unspecified atom stereocenters. The van der Waals surface area contributed by atoms with Gasteiger partial charge in [-0.2, -0.15) is 0 Å². The van der Waals surface area contributed by atoms with Gasteiger partial charge in [-0.05, 0) is 19.9 Å². The molecule has 0 radical (unpaired) electrons. The number of H-pyrrole nitrogens is 1. The predicted octanol–water partition coefficient (Wildman–Crippen LogP) is 1.51. The summed E-state index contributed by atoms with van der Waals surface area (Å²) in [6.45, 7) is 4.81. The van der Waals surface area contributed by atoms with Crippen LogP contribution in [0.1, 0.15) is 36.5 Å². The van der Waals surface area contributed by atoms with Crippen molar-refractivity contribution in [2.45, 2.75) is 26.3 Å². The van der Waals surface area contributed by atoms with Crippen LogP contribution >= 0.6 is 0 Å². The third-order valence-corrected chi connectivity index (χ3v) is 3.11. The maximum Gasteiger partial charge on any atom is 0.187 e. The number of rotatable bonds is 5. The van der Waals surface area contributed by atoms with Crippen LogP contribution in [0.25, 0.3) is 0 Å². The van der Waals surface area contributed by atoms with E-state index in [1.165, 1.54) is 0 Å². The first-order valence-electron chi connectivity index (χ1n) is 6.53. The third kappa shape index (κ3) is 2.93. The van der Waals surface area contributed by atoms with Gasteiger partial charge in [0.05, 0.1) is 6.04 Å². The van der Waals surface area contributed by atoms with Crippen LogP contribution in [-0.2, 0) is 7.05 Å². The number of hydrogen-bond acceptors (Lipinski definition) is 3. The summed E-state index contributed by atoms with van der Waals surface area (Å²) in [6.07, 6.45) is 6.42. The maximum atomic E-state index is 12.2. The highest BCUT2D eigenvalue weighted by atomic mass is 16.1. The number of aryl methyl sites for hydroxylation is 2. The topological polar surface area (TPSA) is 62.7 Å². The van der Waals surface area contributed by atoms with E-state index in [2.05, 4.69) is 22.2 Å². The van der Waals surface area contributed by atoms with Crippen LogP contribution in [0.15, 0.2) is 29.5 Å². The molecule has 0 amide bonds. The lowest BCUT2D eigenvalue weighted by Crippen LogP contribution is -2.30. The Hall–Kier alpha value is -1.88. The summed E-state index contributed by atoms with van der Waals surface area (Å²) < 4.78 is 1.94. The Bertz CT molecular complexity index is 599. The largest absolute Gasteiger partial charge is 0.365 e. The molecular formula is C14H20N4O. The highest BCUT2D eigenvalue weighted by Gasteiger charge is 2.20. The maximum absolute atomic E-state index is 12.2. The van der Waals surface area contributed by atoms with Crippen LogP contribution in [0.2, 0.25) is 0 Å². The van der Waals surface area contributed by atoms with Gasteiger partial charge in [-0.25, -0.2) is 4.98 Å². The van der Waals surface area contributed by atoms with E-state index >= 15 is 0 Å². The van der Waals surface area contributed by atoms with Crippen molar-refractivity contribution in [2.75, 3.05) is 6.54 Å². The van der Waals surface area contributed by atoms with Gasteiger partial charge in [0.1, 0.15) is 5.82 Å². The first-order valence-corrected chi connectivity index (χ1v) is 6.53. The summed E-state index contributed by atoms with van der Waals surface area (Å²) in [5.74, 6) is 0.850. The highest BCUT2D eigenvalue weighted by molar-refractivity contribution is 5.24. The first kappa shape index (κ1) is 13.5. The second-order valence-corrected chi connectivity index (χ2v) is 4.72. The van der Waals surface area contributed by atoms with E-state index in [1.807, 2.05) is 24.7 Å². The Balaban J connectivity index is 2.43. The molecule has 0 saturated heterocycles. The fourth-order valence-corrected chi connectivity index (χ4v) is 2.09.